The molecule has 1 heterocycles. The first-order valence-electron chi connectivity index (χ1n) is 5.62. The maximum Gasteiger partial charge on any atom is 0.0158 e. The molecule has 1 atom stereocenters. The fraction of sp³-hybridized carbons (Fsp3) is 1.00. The minimum atomic E-state index is 0.262. The Hall–Kier alpha value is -0.0800. The lowest BCUT2D eigenvalue weighted by molar-refractivity contribution is 0.260. The number of likely N-dealkylation sites (tertiary alicyclic amines) is 1. The van der Waals surface area contributed by atoms with Crippen molar-refractivity contribution in [2.75, 3.05) is 13.1 Å². The molecule has 2 rings (SSSR count). The van der Waals surface area contributed by atoms with E-state index in [2.05, 4.69) is 18.7 Å². The highest BCUT2D eigenvalue weighted by Gasteiger charge is 2.41. The quantitative estimate of drug-likeness (QED) is 0.718. The van der Waals surface area contributed by atoms with E-state index in [1.807, 2.05) is 0 Å². The summed E-state index contributed by atoms with van der Waals surface area (Å²) in [5.41, 5.74) is 6.39. The second-order valence-corrected chi connectivity index (χ2v) is 5.31. The van der Waals surface area contributed by atoms with Crippen molar-refractivity contribution in [1.82, 2.24) is 4.90 Å². The summed E-state index contributed by atoms with van der Waals surface area (Å²) in [5.74, 6) is 0.884. The summed E-state index contributed by atoms with van der Waals surface area (Å²) in [4.78, 5) is 2.58. The van der Waals surface area contributed by atoms with Crippen molar-refractivity contribution in [2.45, 2.75) is 51.1 Å². The van der Waals surface area contributed by atoms with Gasteiger partial charge in [-0.2, -0.15) is 0 Å². The van der Waals surface area contributed by atoms with E-state index < -0.39 is 0 Å². The van der Waals surface area contributed by atoms with Gasteiger partial charge in [0, 0.05) is 18.1 Å². The van der Waals surface area contributed by atoms with Gasteiger partial charge in [-0.3, -0.25) is 0 Å². The van der Waals surface area contributed by atoms with E-state index in [1.54, 1.807) is 0 Å². The van der Waals surface area contributed by atoms with Crippen LogP contribution in [0.2, 0.25) is 0 Å². The first-order valence-corrected chi connectivity index (χ1v) is 5.62. The van der Waals surface area contributed by atoms with Crippen LogP contribution in [-0.2, 0) is 0 Å². The Balaban J connectivity index is 1.78. The summed E-state index contributed by atoms with van der Waals surface area (Å²) < 4.78 is 0. The Bertz CT molecular complexity index is 185. The van der Waals surface area contributed by atoms with E-state index in [4.69, 9.17) is 5.73 Å². The molecule has 1 saturated heterocycles. The van der Waals surface area contributed by atoms with Crippen LogP contribution in [0.5, 0.6) is 0 Å². The Kier molecular flexibility index (Phi) is 2.37. The van der Waals surface area contributed by atoms with Gasteiger partial charge in [0.15, 0.2) is 0 Å². The molecule has 2 heteroatoms. The van der Waals surface area contributed by atoms with Gasteiger partial charge in [-0.15, -0.1) is 0 Å². The zero-order chi connectivity index (χ0) is 9.47. The smallest absolute Gasteiger partial charge is 0.0158 e. The van der Waals surface area contributed by atoms with Gasteiger partial charge in [-0.25, -0.2) is 0 Å². The van der Waals surface area contributed by atoms with Crippen LogP contribution in [0.15, 0.2) is 0 Å². The molecule has 76 valence electrons. The van der Waals surface area contributed by atoms with Crippen LogP contribution >= 0.6 is 0 Å². The Labute approximate surface area is 81.5 Å². The monoisotopic (exact) mass is 182 g/mol. The lowest BCUT2D eigenvalue weighted by atomic mass is 9.98. The lowest BCUT2D eigenvalue weighted by Gasteiger charge is -2.21. The molecule has 2 nitrogen and oxygen atoms in total. The van der Waals surface area contributed by atoms with Gasteiger partial charge in [0.2, 0.25) is 0 Å². The summed E-state index contributed by atoms with van der Waals surface area (Å²) in [7, 11) is 0. The van der Waals surface area contributed by atoms with Gasteiger partial charge < -0.3 is 10.6 Å². The zero-order valence-electron chi connectivity index (χ0n) is 8.92. The molecule has 13 heavy (non-hydrogen) atoms. The van der Waals surface area contributed by atoms with Crippen molar-refractivity contribution < 1.29 is 0 Å². The molecule has 2 N–H and O–H groups in total. The molecule has 0 amide bonds. The summed E-state index contributed by atoms with van der Waals surface area (Å²) in [5, 5.41) is 0. The summed E-state index contributed by atoms with van der Waals surface area (Å²) in [6.07, 6.45) is 5.18. The molecule has 0 aromatic rings. The third-order valence-electron chi connectivity index (χ3n) is 3.63. The van der Waals surface area contributed by atoms with Crippen molar-refractivity contribution in [2.24, 2.45) is 11.7 Å². The normalized spacial score (nSPS) is 32.8. The van der Waals surface area contributed by atoms with Crippen molar-refractivity contribution in [1.29, 1.82) is 0 Å². The maximum absolute atomic E-state index is 6.13. The van der Waals surface area contributed by atoms with E-state index >= 15 is 0 Å². The minimum Gasteiger partial charge on any atom is -0.325 e. The average Bonchev–Trinajstić information content (AvgIpc) is 2.62. The summed E-state index contributed by atoms with van der Waals surface area (Å²) in [6, 6.07) is 0.720. The molecular formula is C11H22N2. The highest BCUT2D eigenvalue weighted by Crippen LogP contribution is 2.40. The molecule has 0 radical (unpaired) electrons. The van der Waals surface area contributed by atoms with Crippen molar-refractivity contribution in [3.05, 3.63) is 0 Å². The molecule has 2 fully saturated rings. The number of nitrogens with zero attached hydrogens (tertiary/aromatic N) is 1. The molecule has 1 aliphatic carbocycles. The van der Waals surface area contributed by atoms with Crippen LogP contribution in [-0.4, -0.2) is 29.6 Å². The minimum absolute atomic E-state index is 0.262. The number of hydrogen-bond donors (Lipinski definition) is 1. The molecule has 1 saturated carbocycles. The van der Waals surface area contributed by atoms with E-state index in [9.17, 15) is 0 Å². The fourth-order valence-electron chi connectivity index (χ4n) is 2.44. The first kappa shape index (κ1) is 9.47. The topological polar surface area (TPSA) is 29.3 Å². The van der Waals surface area contributed by atoms with Gasteiger partial charge in [0.05, 0.1) is 0 Å². The van der Waals surface area contributed by atoms with Crippen LogP contribution in [0.25, 0.3) is 0 Å². The average molecular weight is 182 g/mol. The van der Waals surface area contributed by atoms with Crippen molar-refractivity contribution in [3.63, 3.8) is 0 Å². The van der Waals surface area contributed by atoms with Crippen LogP contribution < -0.4 is 5.73 Å². The summed E-state index contributed by atoms with van der Waals surface area (Å²) in [6.45, 7) is 7.16. The molecule has 0 aromatic carbocycles. The van der Waals surface area contributed by atoms with E-state index in [0.29, 0.717) is 0 Å². The maximum atomic E-state index is 6.13. The predicted octanol–water partition coefficient (Wildman–Crippen LogP) is 1.60. The molecule has 0 bridgehead atoms. The van der Waals surface area contributed by atoms with E-state index in [0.717, 1.165) is 12.0 Å². The third kappa shape index (κ3) is 2.23. The van der Waals surface area contributed by atoms with Crippen LogP contribution in [0.4, 0.5) is 0 Å². The Morgan fingerprint density at radius 1 is 1.46 bits per heavy atom. The number of nitrogens with two attached hydrogens (primary N) is 1. The summed E-state index contributed by atoms with van der Waals surface area (Å²) >= 11 is 0. The van der Waals surface area contributed by atoms with Crippen molar-refractivity contribution in [3.8, 4) is 0 Å². The van der Waals surface area contributed by atoms with Gasteiger partial charge in [0.25, 0.3) is 0 Å². The third-order valence-corrected chi connectivity index (χ3v) is 3.63. The van der Waals surface area contributed by atoms with Crippen molar-refractivity contribution >= 4 is 0 Å². The standard InChI is InChI=1S/C11H22N2/c1-9(2)13-6-3-10(8-13)7-11(12)4-5-11/h9-10H,3-8,12H2,1-2H3. The SMILES string of the molecule is CC(C)N1CCC(CC2(N)CC2)C1. The Morgan fingerprint density at radius 3 is 2.62 bits per heavy atom. The van der Waals surface area contributed by atoms with Crippen LogP contribution in [0, 0.1) is 5.92 Å². The Morgan fingerprint density at radius 2 is 2.15 bits per heavy atom. The van der Waals surface area contributed by atoms with Gasteiger partial charge >= 0.3 is 0 Å². The van der Waals surface area contributed by atoms with E-state index in [1.165, 1.54) is 38.8 Å². The van der Waals surface area contributed by atoms with Crippen LogP contribution in [0.3, 0.4) is 0 Å². The predicted molar refractivity (Wildman–Crippen MR) is 55.6 cm³/mol. The van der Waals surface area contributed by atoms with Gasteiger partial charge in [-0.05, 0) is 52.0 Å². The number of hydrogen-bond acceptors (Lipinski definition) is 2. The molecule has 1 unspecified atom stereocenters. The second-order valence-electron chi connectivity index (χ2n) is 5.31. The van der Waals surface area contributed by atoms with E-state index in [-0.39, 0.29) is 5.54 Å². The highest BCUT2D eigenvalue weighted by atomic mass is 15.2. The molecule has 1 aliphatic heterocycles. The largest absolute Gasteiger partial charge is 0.325 e. The molecule has 0 spiro atoms. The first-order chi connectivity index (χ1) is 6.09. The highest BCUT2D eigenvalue weighted by molar-refractivity contribution is 5.01. The van der Waals surface area contributed by atoms with Gasteiger partial charge in [0.1, 0.15) is 0 Å². The second kappa shape index (κ2) is 3.25. The van der Waals surface area contributed by atoms with Gasteiger partial charge in [-0.1, -0.05) is 0 Å². The molecule has 2 aliphatic rings. The number of rotatable bonds is 3. The van der Waals surface area contributed by atoms with Crippen LogP contribution in [0.1, 0.15) is 39.5 Å². The molecule has 0 aromatic heterocycles. The zero-order valence-corrected chi connectivity index (χ0v) is 8.92. The molecular weight excluding hydrogens is 160 g/mol. The lowest BCUT2D eigenvalue weighted by Crippen LogP contribution is -2.30. The fourth-order valence-corrected chi connectivity index (χ4v) is 2.44.